The number of pyridine rings is 1. The number of aliphatic carboxylic acids is 1. The van der Waals surface area contributed by atoms with Crippen LogP contribution in [0, 0.1) is 0 Å². The molecule has 0 bridgehead atoms. The Hall–Kier alpha value is -2.82. The van der Waals surface area contributed by atoms with Gasteiger partial charge in [0, 0.05) is 18.1 Å². The molecule has 1 N–H and O–H groups in total. The lowest BCUT2D eigenvalue weighted by atomic mass is 10.2. The second kappa shape index (κ2) is 5.66. The highest BCUT2D eigenvalue weighted by atomic mass is 16.4. The van der Waals surface area contributed by atoms with Crippen molar-refractivity contribution < 1.29 is 9.90 Å². The number of hydrogen-bond acceptors (Lipinski definition) is 3. The van der Waals surface area contributed by atoms with Gasteiger partial charge in [-0.3, -0.25) is 4.79 Å². The number of carbonyl (C=O) groups is 1. The van der Waals surface area contributed by atoms with Gasteiger partial charge in [0.25, 0.3) is 0 Å². The third-order valence-electron chi connectivity index (χ3n) is 3.21. The minimum Gasteiger partial charge on any atom is -0.480 e. The quantitative estimate of drug-likeness (QED) is 0.780. The maximum Gasteiger partial charge on any atom is 0.323 e. The Kier molecular flexibility index (Phi) is 3.55. The summed E-state index contributed by atoms with van der Waals surface area (Å²) in [6, 6.07) is 15.3. The summed E-state index contributed by atoms with van der Waals surface area (Å²) in [5.74, 6) is -0.859. The minimum absolute atomic E-state index is 0.0577. The van der Waals surface area contributed by atoms with Crippen LogP contribution in [0.15, 0.2) is 60.9 Å². The third kappa shape index (κ3) is 3.02. The highest BCUT2D eigenvalue weighted by Crippen LogP contribution is 2.16. The number of carboxylic acid groups (broad SMARTS) is 1. The molecule has 0 atom stereocenters. The van der Waals surface area contributed by atoms with E-state index in [0.717, 1.165) is 17.0 Å². The number of para-hydroxylation sites is 1. The summed E-state index contributed by atoms with van der Waals surface area (Å²) in [5, 5.41) is 9.10. The van der Waals surface area contributed by atoms with Crippen molar-refractivity contribution in [1.29, 1.82) is 0 Å². The largest absolute Gasteiger partial charge is 0.480 e. The molecule has 3 aromatic rings. The van der Waals surface area contributed by atoms with Gasteiger partial charge in [-0.1, -0.05) is 24.3 Å². The molecule has 0 spiro atoms. The van der Waals surface area contributed by atoms with E-state index >= 15 is 0 Å². The van der Waals surface area contributed by atoms with E-state index in [1.165, 1.54) is 0 Å². The summed E-state index contributed by atoms with van der Waals surface area (Å²) in [6.45, 7) is 0.399. The Balaban J connectivity index is 1.88. The molecule has 0 aliphatic rings. The lowest BCUT2D eigenvalue weighted by Gasteiger charge is -2.21. The fourth-order valence-electron chi connectivity index (χ4n) is 2.30. The van der Waals surface area contributed by atoms with E-state index in [4.69, 9.17) is 5.11 Å². The van der Waals surface area contributed by atoms with Crippen LogP contribution in [0.5, 0.6) is 0 Å². The van der Waals surface area contributed by atoms with Crippen LogP contribution in [0.2, 0.25) is 0 Å². The molecule has 0 aliphatic heterocycles. The van der Waals surface area contributed by atoms with Crippen LogP contribution in [0.1, 0.15) is 5.69 Å². The average molecular weight is 281 g/mol. The van der Waals surface area contributed by atoms with Crippen LogP contribution in [0.4, 0.5) is 5.69 Å². The van der Waals surface area contributed by atoms with Crippen LogP contribution >= 0.6 is 0 Å². The first kappa shape index (κ1) is 13.2. The number of fused-ring (bicyclic) bond motifs is 1. The number of benzene rings is 1. The van der Waals surface area contributed by atoms with E-state index in [-0.39, 0.29) is 6.54 Å². The minimum atomic E-state index is -0.859. The van der Waals surface area contributed by atoms with Crippen molar-refractivity contribution in [2.75, 3.05) is 11.4 Å². The SMILES string of the molecule is O=C(O)CN(Cc1cn2ccccc2n1)c1ccccc1. The predicted octanol–water partition coefficient (Wildman–Crippen LogP) is 2.43. The first-order valence-corrected chi connectivity index (χ1v) is 6.67. The van der Waals surface area contributed by atoms with E-state index in [1.54, 1.807) is 4.90 Å². The number of aromatic nitrogens is 2. The first-order chi connectivity index (χ1) is 10.2. The van der Waals surface area contributed by atoms with E-state index < -0.39 is 5.97 Å². The zero-order valence-electron chi connectivity index (χ0n) is 11.4. The molecular formula is C16H15N3O2. The second-order valence-electron chi connectivity index (χ2n) is 4.78. The third-order valence-corrected chi connectivity index (χ3v) is 3.21. The Morgan fingerprint density at radius 1 is 1.14 bits per heavy atom. The molecule has 5 nitrogen and oxygen atoms in total. The van der Waals surface area contributed by atoms with Gasteiger partial charge in [0.1, 0.15) is 12.2 Å². The molecule has 0 unspecified atom stereocenters. The van der Waals surface area contributed by atoms with Gasteiger partial charge in [0.15, 0.2) is 0 Å². The molecule has 2 heterocycles. The molecule has 0 saturated heterocycles. The Labute approximate surface area is 122 Å². The number of hydrogen-bond donors (Lipinski definition) is 1. The molecular weight excluding hydrogens is 266 g/mol. The van der Waals surface area contributed by atoms with Gasteiger partial charge in [-0.05, 0) is 24.3 Å². The van der Waals surface area contributed by atoms with Crippen molar-refractivity contribution in [3.05, 3.63) is 66.6 Å². The van der Waals surface area contributed by atoms with E-state index in [9.17, 15) is 4.79 Å². The molecule has 1 aromatic carbocycles. The van der Waals surface area contributed by atoms with Gasteiger partial charge < -0.3 is 14.4 Å². The molecule has 0 radical (unpaired) electrons. The smallest absolute Gasteiger partial charge is 0.323 e. The predicted molar refractivity (Wildman–Crippen MR) is 80.3 cm³/mol. The zero-order valence-corrected chi connectivity index (χ0v) is 11.4. The average Bonchev–Trinajstić information content (AvgIpc) is 2.89. The molecule has 106 valence electrons. The molecule has 2 aromatic heterocycles. The van der Waals surface area contributed by atoms with E-state index in [1.807, 2.05) is 65.3 Å². The van der Waals surface area contributed by atoms with Gasteiger partial charge in [0.05, 0.1) is 12.2 Å². The van der Waals surface area contributed by atoms with Gasteiger partial charge in [0.2, 0.25) is 0 Å². The number of imidazole rings is 1. The number of nitrogens with zero attached hydrogens (tertiary/aromatic N) is 3. The molecule has 21 heavy (non-hydrogen) atoms. The highest BCUT2D eigenvalue weighted by molar-refractivity contribution is 5.73. The summed E-state index contributed by atoms with van der Waals surface area (Å²) >= 11 is 0. The van der Waals surface area contributed by atoms with Crippen molar-refractivity contribution in [3.8, 4) is 0 Å². The fourth-order valence-corrected chi connectivity index (χ4v) is 2.30. The molecule has 0 saturated carbocycles. The number of rotatable bonds is 5. The topological polar surface area (TPSA) is 57.8 Å². The summed E-state index contributed by atoms with van der Waals surface area (Å²) in [6.07, 6.45) is 3.85. The second-order valence-corrected chi connectivity index (χ2v) is 4.78. The lowest BCUT2D eigenvalue weighted by molar-refractivity contribution is -0.135. The van der Waals surface area contributed by atoms with Crippen molar-refractivity contribution in [2.24, 2.45) is 0 Å². The Bertz CT molecular complexity index is 719. The molecule has 0 fully saturated rings. The van der Waals surface area contributed by atoms with Crippen LogP contribution in [-0.2, 0) is 11.3 Å². The molecule has 0 amide bonds. The molecule has 5 heteroatoms. The highest BCUT2D eigenvalue weighted by Gasteiger charge is 2.13. The Morgan fingerprint density at radius 3 is 2.62 bits per heavy atom. The van der Waals surface area contributed by atoms with E-state index in [0.29, 0.717) is 6.54 Å². The van der Waals surface area contributed by atoms with Gasteiger partial charge in [-0.2, -0.15) is 0 Å². The standard InChI is InChI=1S/C16H15N3O2/c20-16(21)12-19(14-6-2-1-3-7-14)11-13-10-18-9-5-4-8-15(18)17-13/h1-10H,11-12H2,(H,20,21). The van der Waals surface area contributed by atoms with Gasteiger partial charge >= 0.3 is 5.97 Å². The molecule has 3 rings (SSSR count). The maximum atomic E-state index is 11.1. The van der Waals surface area contributed by atoms with Crippen molar-refractivity contribution in [1.82, 2.24) is 9.38 Å². The normalized spacial score (nSPS) is 10.7. The van der Waals surface area contributed by atoms with Gasteiger partial charge in [-0.15, -0.1) is 0 Å². The maximum absolute atomic E-state index is 11.1. The molecule has 0 aliphatic carbocycles. The van der Waals surface area contributed by atoms with Crippen molar-refractivity contribution in [3.63, 3.8) is 0 Å². The van der Waals surface area contributed by atoms with Crippen LogP contribution in [-0.4, -0.2) is 27.0 Å². The fraction of sp³-hybridized carbons (Fsp3) is 0.125. The summed E-state index contributed by atoms with van der Waals surface area (Å²) in [7, 11) is 0. The van der Waals surface area contributed by atoms with Crippen molar-refractivity contribution >= 4 is 17.3 Å². The Morgan fingerprint density at radius 2 is 1.90 bits per heavy atom. The number of carboxylic acids is 1. The summed E-state index contributed by atoms with van der Waals surface area (Å²) < 4.78 is 1.93. The first-order valence-electron chi connectivity index (χ1n) is 6.67. The van der Waals surface area contributed by atoms with Crippen LogP contribution in [0.25, 0.3) is 5.65 Å². The monoisotopic (exact) mass is 281 g/mol. The zero-order chi connectivity index (χ0) is 14.7. The summed E-state index contributed by atoms with van der Waals surface area (Å²) in [5.41, 5.74) is 2.57. The summed E-state index contributed by atoms with van der Waals surface area (Å²) in [4.78, 5) is 17.4. The lowest BCUT2D eigenvalue weighted by Crippen LogP contribution is -2.29. The van der Waals surface area contributed by atoms with Gasteiger partial charge in [-0.25, -0.2) is 4.98 Å². The van der Waals surface area contributed by atoms with E-state index in [2.05, 4.69) is 4.98 Å². The number of anilines is 1. The van der Waals surface area contributed by atoms with Crippen LogP contribution in [0.3, 0.4) is 0 Å². The van der Waals surface area contributed by atoms with Crippen molar-refractivity contribution in [2.45, 2.75) is 6.54 Å². The van der Waals surface area contributed by atoms with Crippen LogP contribution < -0.4 is 4.90 Å².